The fourth-order valence-corrected chi connectivity index (χ4v) is 1.26. The van der Waals surface area contributed by atoms with Crippen molar-refractivity contribution < 1.29 is 4.79 Å². The standard InChI is InChI=1S/C9H5Cl2N5O/c10-6-1-2-8(16-15-6)14-9(17)5-3-12-4-7(11)13-5/h1-4H,(H,14,16,17). The highest BCUT2D eigenvalue weighted by Crippen LogP contribution is 2.08. The summed E-state index contributed by atoms with van der Waals surface area (Å²) < 4.78 is 0. The lowest BCUT2D eigenvalue weighted by Crippen LogP contribution is -2.15. The molecule has 0 atom stereocenters. The number of carbonyl (C=O) groups is 1. The maximum atomic E-state index is 11.7. The Bertz CT molecular complexity index is 545. The summed E-state index contributed by atoms with van der Waals surface area (Å²) in [7, 11) is 0. The first kappa shape index (κ1) is 11.7. The normalized spacial score (nSPS) is 10.0. The lowest BCUT2D eigenvalue weighted by molar-refractivity contribution is 0.102. The van der Waals surface area contributed by atoms with Crippen LogP contribution < -0.4 is 5.32 Å². The topological polar surface area (TPSA) is 80.7 Å². The molecule has 0 aliphatic rings. The highest BCUT2D eigenvalue weighted by molar-refractivity contribution is 6.29. The van der Waals surface area contributed by atoms with Crippen LogP contribution in [0.5, 0.6) is 0 Å². The van der Waals surface area contributed by atoms with Crippen molar-refractivity contribution in [3.8, 4) is 0 Å². The summed E-state index contributed by atoms with van der Waals surface area (Å²) in [6.07, 6.45) is 2.63. The number of carbonyl (C=O) groups excluding carboxylic acids is 1. The van der Waals surface area contributed by atoms with Crippen molar-refractivity contribution in [2.24, 2.45) is 0 Å². The van der Waals surface area contributed by atoms with Gasteiger partial charge in [0.2, 0.25) is 0 Å². The summed E-state index contributed by atoms with van der Waals surface area (Å²) in [6.45, 7) is 0. The second kappa shape index (κ2) is 5.03. The molecule has 0 saturated heterocycles. The van der Waals surface area contributed by atoms with Gasteiger partial charge in [-0.3, -0.25) is 9.78 Å². The van der Waals surface area contributed by atoms with Gasteiger partial charge < -0.3 is 5.32 Å². The first-order valence-electron chi connectivity index (χ1n) is 4.43. The van der Waals surface area contributed by atoms with Crippen LogP contribution in [0.25, 0.3) is 0 Å². The van der Waals surface area contributed by atoms with Crippen LogP contribution in [0.3, 0.4) is 0 Å². The van der Waals surface area contributed by atoms with Crippen molar-refractivity contribution in [3.63, 3.8) is 0 Å². The number of nitrogens with zero attached hydrogens (tertiary/aromatic N) is 4. The molecule has 1 amide bonds. The second-order valence-corrected chi connectivity index (χ2v) is 3.70. The van der Waals surface area contributed by atoms with E-state index in [4.69, 9.17) is 23.2 Å². The van der Waals surface area contributed by atoms with Crippen LogP contribution in [-0.4, -0.2) is 26.1 Å². The summed E-state index contributed by atoms with van der Waals surface area (Å²) in [4.78, 5) is 19.2. The predicted molar refractivity (Wildman–Crippen MR) is 62.0 cm³/mol. The molecule has 0 saturated carbocycles. The van der Waals surface area contributed by atoms with Gasteiger partial charge in [0.15, 0.2) is 11.0 Å². The molecule has 8 heteroatoms. The number of nitrogens with one attached hydrogen (secondary N) is 1. The van der Waals surface area contributed by atoms with Crippen LogP contribution in [-0.2, 0) is 0 Å². The fraction of sp³-hybridized carbons (Fsp3) is 0. The molecule has 2 rings (SSSR count). The van der Waals surface area contributed by atoms with E-state index in [1.54, 1.807) is 0 Å². The Labute approximate surface area is 106 Å². The maximum Gasteiger partial charge on any atom is 0.277 e. The quantitative estimate of drug-likeness (QED) is 0.900. The third-order valence-corrected chi connectivity index (χ3v) is 2.10. The molecule has 17 heavy (non-hydrogen) atoms. The molecule has 2 aromatic rings. The lowest BCUT2D eigenvalue weighted by atomic mass is 10.4. The van der Waals surface area contributed by atoms with Crippen molar-refractivity contribution in [2.45, 2.75) is 0 Å². The van der Waals surface area contributed by atoms with Crippen LogP contribution in [0.1, 0.15) is 10.5 Å². The van der Waals surface area contributed by atoms with Gasteiger partial charge in [-0.1, -0.05) is 23.2 Å². The Balaban J connectivity index is 2.14. The monoisotopic (exact) mass is 269 g/mol. The molecule has 1 N–H and O–H groups in total. The van der Waals surface area contributed by atoms with Gasteiger partial charge in [0.1, 0.15) is 10.8 Å². The third-order valence-electron chi connectivity index (χ3n) is 1.71. The lowest BCUT2D eigenvalue weighted by Gasteiger charge is -2.02. The summed E-state index contributed by atoms with van der Waals surface area (Å²) >= 11 is 11.2. The van der Waals surface area contributed by atoms with E-state index >= 15 is 0 Å². The van der Waals surface area contributed by atoms with Crippen LogP contribution in [0.2, 0.25) is 10.3 Å². The number of hydrogen-bond donors (Lipinski definition) is 1. The van der Waals surface area contributed by atoms with E-state index < -0.39 is 5.91 Å². The Kier molecular flexibility index (Phi) is 3.46. The average molecular weight is 270 g/mol. The highest BCUT2D eigenvalue weighted by Gasteiger charge is 2.09. The third kappa shape index (κ3) is 3.08. The number of rotatable bonds is 2. The van der Waals surface area contributed by atoms with Crippen LogP contribution in [0, 0.1) is 0 Å². The molecule has 0 radical (unpaired) electrons. The van der Waals surface area contributed by atoms with Gasteiger partial charge in [0.25, 0.3) is 5.91 Å². The summed E-state index contributed by atoms with van der Waals surface area (Å²) in [5.41, 5.74) is 0.0919. The van der Waals surface area contributed by atoms with Crippen molar-refractivity contribution in [1.82, 2.24) is 20.2 Å². The minimum absolute atomic E-state index is 0.0919. The molecular weight excluding hydrogens is 265 g/mol. The molecule has 0 spiro atoms. The van der Waals surface area contributed by atoms with E-state index in [9.17, 15) is 4.79 Å². The van der Waals surface area contributed by atoms with Gasteiger partial charge in [-0.05, 0) is 12.1 Å². The Hall–Kier alpha value is -1.79. The first-order valence-corrected chi connectivity index (χ1v) is 5.19. The van der Waals surface area contributed by atoms with Gasteiger partial charge in [-0.15, -0.1) is 10.2 Å². The molecular formula is C9H5Cl2N5O. The van der Waals surface area contributed by atoms with E-state index in [-0.39, 0.29) is 21.8 Å². The predicted octanol–water partition coefficient (Wildman–Crippen LogP) is 1.83. The highest BCUT2D eigenvalue weighted by atomic mass is 35.5. The average Bonchev–Trinajstić information content (AvgIpc) is 2.32. The SMILES string of the molecule is O=C(Nc1ccc(Cl)nn1)c1cncc(Cl)n1. The van der Waals surface area contributed by atoms with Gasteiger partial charge >= 0.3 is 0 Å². The molecule has 0 fully saturated rings. The molecule has 0 bridgehead atoms. The zero-order valence-electron chi connectivity index (χ0n) is 8.26. The number of aromatic nitrogens is 4. The van der Waals surface area contributed by atoms with Gasteiger partial charge in [-0.25, -0.2) is 4.98 Å². The van der Waals surface area contributed by atoms with E-state index in [1.165, 1.54) is 24.5 Å². The summed E-state index contributed by atoms with van der Waals surface area (Å²) in [6, 6.07) is 3.03. The first-order chi connectivity index (χ1) is 8.15. The molecule has 0 aliphatic heterocycles. The smallest absolute Gasteiger partial charge is 0.277 e. The number of halogens is 2. The Morgan fingerprint density at radius 1 is 1.12 bits per heavy atom. The van der Waals surface area contributed by atoms with Gasteiger partial charge in [0.05, 0.1) is 12.4 Å². The molecule has 6 nitrogen and oxygen atoms in total. The van der Waals surface area contributed by atoms with Crippen LogP contribution in [0.4, 0.5) is 5.82 Å². The molecule has 86 valence electrons. The Morgan fingerprint density at radius 2 is 1.94 bits per heavy atom. The van der Waals surface area contributed by atoms with Crippen molar-refractivity contribution in [3.05, 3.63) is 40.5 Å². The fourth-order valence-electron chi connectivity index (χ4n) is 1.01. The molecule has 2 aromatic heterocycles. The number of anilines is 1. The van der Waals surface area contributed by atoms with E-state index in [1.807, 2.05) is 0 Å². The number of hydrogen-bond acceptors (Lipinski definition) is 5. The number of amides is 1. The van der Waals surface area contributed by atoms with Gasteiger partial charge in [0, 0.05) is 0 Å². The molecule has 2 heterocycles. The zero-order chi connectivity index (χ0) is 12.3. The summed E-state index contributed by atoms with van der Waals surface area (Å²) in [5.74, 6) is -0.210. The van der Waals surface area contributed by atoms with E-state index in [2.05, 4.69) is 25.5 Å². The van der Waals surface area contributed by atoms with Crippen LogP contribution in [0.15, 0.2) is 24.5 Å². The molecule has 0 aliphatic carbocycles. The van der Waals surface area contributed by atoms with Crippen molar-refractivity contribution in [1.29, 1.82) is 0 Å². The minimum Gasteiger partial charge on any atom is -0.304 e. The molecule has 0 unspecified atom stereocenters. The Morgan fingerprint density at radius 3 is 2.59 bits per heavy atom. The minimum atomic E-state index is -0.475. The van der Waals surface area contributed by atoms with Crippen LogP contribution >= 0.6 is 23.2 Å². The maximum absolute atomic E-state index is 11.7. The summed E-state index contributed by atoms with van der Waals surface area (Å²) in [5, 5.41) is 10.1. The largest absolute Gasteiger partial charge is 0.304 e. The van der Waals surface area contributed by atoms with Gasteiger partial charge in [-0.2, -0.15) is 0 Å². The van der Waals surface area contributed by atoms with Crippen molar-refractivity contribution in [2.75, 3.05) is 5.32 Å². The zero-order valence-corrected chi connectivity index (χ0v) is 9.77. The second-order valence-electron chi connectivity index (χ2n) is 2.92. The van der Waals surface area contributed by atoms with E-state index in [0.717, 1.165) is 0 Å². The van der Waals surface area contributed by atoms with Crippen molar-refractivity contribution >= 4 is 34.9 Å². The molecule has 0 aromatic carbocycles. The van der Waals surface area contributed by atoms with E-state index in [0.29, 0.717) is 0 Å².